The van der Waals surface area contributed by atoms with Gasteiger partial charge >= 0.3 is 0 Å². The summed E-state index contributed by atoms with van der Waals surface area (Å²) in [5, 5.41) is 0. The van der Waals surface area contributed by atoms with Crippen LogP contribution in [0.15, 0.2) is 48.7 Å². The Morgan fingerprint density at radius 1 is 1.16 bits per heavy atom. The predicted molar refractivity (Wildman–Crippen MR) is 80.4 cm³/mol. The highest BCUT2D eigenvalue weighted by molar-refractivity contribution is 7.80. The van der Waals surface area contributed by atoms with Crippen molar-refractivity contribution in [1.29, 1.82) is 0 Å². The number of aromatic nitrogens is 1. The maximum absolute atomic E-state index is 5.69. The number of pyridine rings is 1. The number of rotatable bonds is 6. The molecule has 19 heavy (non-hydrogen) atoms. The fourth-order valence-electron chi connectivity index (χ4n) is 1.80. The third-order valence-electron chi connectivity index (χ3n) is 2.71. The van der Waals surface area contributed by atoms with Crippen LogP contribution < -0.4 is 10.5 Å². The second kappa shape index (κ2) is 6.85. The molecule has 1 aromatic carbocycles. The van der Waals surface area contributed by atoms with Crippen LogP contribution in [-0.2, 0) is 6.42 Å². The highest BCUT2D eigenvalue weighted by Gasteiger charge is 2.06. The van der Waals surface area contributed by atoms with Crippen molar-refractivity contribution in [3.05, 3.63) is 59.9 Å². The third kappa shape index (κ3) is 4.03. The van der Waals surface area contributed by atoms with E-state index in [0.29, 0.717) is 18.1 Å². The van der Waals surface area contributed by atoms with Gasteiger partial charge in [0.1, 0.15) is 16.4 Å². The van der Waals surface area contributed by atoms with E-state index in [1.807, 2.05) is 30.3 Å². The molecular formula is C15H16N2OS. The Bertz CT molecular complexity index is 543. The summed E-state index contributed by atoms with van der Waals surface area (Å²) in [6.07, 6.45) is 3.59. The van der Waals surface area contributed by atoms with Crippen molar-refractivity contribution in [2.24, 2.45) is 5.73 Å². The van der Waals surface area contributed by atoms with Crippen molar-refractivity contribution < 1.29 is 4.74 Å². The quantitative estimate of drug-likeness (QED) is 0.649. The van der Waals surface area contributed by atoms with Crippen molar-refractivity contribution in [3.8, 4) is 5.75 Å². The summed E-state index contributed by atoms with van der Waals surface area (Å²) in [4.78, 5) is 4.39. The molecule has 0 aliphatic rings. The van der Waals surface area contributed by atoms with Crippen LogP contribution in [0.4, 0.5) is 0 Å². The van der Waals surface area contributed by atoms with Gasteiger partial charge in [-0.25, -0.2) is 4.98 Å². The van der Waals surface area contributed by atoms with Crippen molar-refractivity contribution in [2.75, 3.05) is 6.61 Å². The lowest BCUT2D eigenvalue weighted by Gasteiger charge is -2.09. The van der Waals surface area contributed by atoms with Gasteiger partial charge in [0.15, 0.2) is 0 Å². The smallest absolute Gasteiger partial charge is 0.147 e. The Morgan fingerprint density at radius 2 is 1.95 bits per heavy atom. The van der Waals surface area contributed by atoms with E-state index in [1.165, 1.54) is 5.56 Å². The first-order valence-corrected chi connectivity index (χ1v) is 6.60. The van der Waals surface area contributed by atoms with Gasteiger partial charge in [-0.1, -0.05) is 42.5 Å². The molecule has 4 heteroatoms. The summed E-state index contributed by atoms with van der Waals surface area (Å²) in [6.45, 7) is 0.621. The van der Waals surface area contributed by atoms with Gasteiger partial charge in [0, 0.05) is 6.20 Å². The molecule has 0 spiro atoms. The second-order valence-corrected chi connectivity index (χ2v) is 4.59. The highest BCUT2D eigenvalue weighted by atomic mass is 32.1. The molecule has 98 valence electrons. The van der Waals surface area contributed by atoms with Crippen LogP contribution in [0.25, 0.3) is 0 Å². The van der Waals surface area contributed by atoms with Gasteiger partial charge < -0.3 is 10.5 Å². The molecule has 0 aliphatic carbocycles. The summed E-state index contributed by atoms with van der Waals surface area (Å²) in [5.41, 5.74) is 7.46. The minimum Gasteiger partial charge on any atom is -0.491 e. The summed E-state index contributed by atoms with van der Waals surface area (Å²) >= 11 is 4.94. The Kier molecular flexibility index (Phi) is 4.86. The topological polar surface area (TPSA) is 48.1 Å². The number of aryl methyl sites for hydroxylation is 1. The third-order valence-corrected chi connectivity index (χ3v) is 2.91. The molecule has 2 N–H and O–H groups in total. The van der Waals surface area contributed by atoms with Crippen molar-refractivity contribution in [2.45, 2.75) is 12.8 Å². The van der Waals surface area contributed by atoms with Gasteiger partial charge in [-0.05, 0) is 30.5 Å². The number of nitrogens with zero attached hydrogens (tertiary/aromatic N) is 1. The fourth-order valence-corrected chi connectivity index (χ4v) is 1.95. The Hall–Kier alpha value is -1.94. The lowest BCUT2D eigenvalue weighted by atomic mass is 10.1. The molecule has 2 aromatic rings. The van der Waals surface area contributed by atoms with E-state index in [2.05, 4.69) is 17.1 Å². The number of benzene rings is 1. The van der Waals surface area contributed by atoms with Crippen LogP contribution in [0.5, 0.6) is 5.75 Å². The number of nitrogens with two attached hydrogens (primary N) is 1. The molecule has 2 rings (SSSR count). The molecule has 0 fully saturated rings. The van der Waals surface area contributed by atoms with Crippen LogP contribution in [0, 0.1) is 0 Å². The zero-order valence-corrected chi connectivity index (χ0v) is 11.4. The first-order chi connectivity index (χ1) is 9.27. The van der Waals surface area contributed by atoms with Crippen LogP contribution in [0.1, 0.15) is 17.7 Å². The molecule has 1 aromatic heterocycles. The molecule has 0 atom stereocenters. The summed E-state index contributed by atoms with van der Waals surface area (Å²) in [6, 6.07) is 14.0. The van der Waals surface area contributed by atoms with E-state index in [4.69, 9.17) is 22.7 Å². The van der Waals surface area contributed by atoms with E-state index < -0.39 is 0 Å². The van der Waals surface area contributed by atoms with Gasteiger partial charge in [0.25, 0.3) is 0 Å². The van der Waals surface area contributed by atoms with E-state index in [9.17, 15) is 0 Å². The normalized spacial score (nSPS) is 10.1. The number of hydrogen-bond acceptors (Lipinski definition) is 3. The van der Waals surface area contributed by atoms with E-state index >= 15 is 0 Å². The molecule has 0 radical (unpaired) electrons. The minimum atomic E-state index is 0.263. The van der Waals surface area contributed by atoms with Gasteiger partial charge in [0.05, 0.1) is 6.61 Å². The lowest BCUT2D eigenvalue weighted by Crippen LogP contribution is -2.14. The van der Waals surface area contributed by atoms with Crippen LogP contribution in [0.2, 0.25) is 0 Å². The molecule has 0 aliphatic heterocycles. The van der Waals surface area contributed by atoms with Crippen LogP contribution in [0.3, 0.4) is 0 Å². The van der Waals surface area contributed by atoms with Gasteiger partial charge in [0.2, 0.25) is 0 Å². The summed E-state index contributed by atoms with van der Waals surface area (Å²) < 4.78 is 5.69. The Labute approximate surface area is 118 Å². The Balaban J connectivity index is 1.85. The average Bonchev–Trinajstić information content (AvgIpc) is 2.45. The van der Waals surface area contributed by atoms with Gasteiger partial charge in [-0.15, -0.1) is 0 Å². The van der Waals surface area contributed by atoms with Crippen LogP contribution >= 0.6 is 12.2 Å². The maximum Gasteiger partial charge on any atom is 0.147 e. The van der Waals surface area contributed by atoms with E-state index in [-0.39, 0.29) is 4.99 Å². The summed E-state index contributed by atoms with van der Waals surface area (Å²) in [5.74, 6) is 0.656. The molecule has 0 saturated carbocycles. The maximum atomic E-state index is 5.69. The molecule has 0 unspecified atom stereocenters. The molecule has 0 saturated heterocycles. The molecular weight excluding hydrogens is 256 g/mol. The second-order valence-electron chi connectivity index (χ2n) is 4.15. The van der Waals surface area contributed by atoms with Crippen LogP contribution in [-0.4, -0.2) is 16.6 Å². The first kappa shape index (κ1) is 13.5. The monoisotopic (exact) mass is 272 g/mol. The molecule has 1 heterocycles. The number of hydrogen-bond donors (Lipinski definition) is 1. The number of ether oxygens (including phenoxy) is 1. The van der Waals surface area contributed by atoms with E-state index in [1.54, 1.807) is 6.20 Å². The van der Waals surface area contributed by atoms with Crippen molar-refractivity contribution >= 4 is 17.2 Å². The fraction of sp³-hybridized carbons (Fsp3) is 0.200. The molecule has 0 bridgehead atoms. The van der Waals surface area contributed by atoms with E-state index in [0.717, 1.165) is 12.8 Å². The highest BCUT2D eigenvalue weighted by Crippen LogP contribution is 2.15. The summed E-state index contributed by atoms with van der Waals surface area (Å²) in [7, 11) is 0. The van der Waals surface area contributed by atoms with Crippen molar-refractivity contribution in [3.63, 3.8) is 0 Å². The van der Waals surface area contributed by atoms with Crippen molar-refractivity contribution in [1.82, 2.24) is 4.98 Å². The zero-order valence-electron chi connectivity index (χ0n) is 10.6. The molecule has 3 nitrogen and oxygen atoms in total. The lowest BCUT2D eigenvalue weighted by molar-refractivity contribution is 0.309. The van der Waals surface area contributed by atoms with Gasteiger partial charge in [-0.3, -0.25) is 0 Å². The average molecular weight is 272 g/mol. The Morgan fingerprint density at radius 3 is 2.68 bits per heavy atom. The first-order valence-electron chi connectivity index (χ1n) is 6.19. The number of thiocarbonyl (C=S) groups is 1. The van der Waals surface area contributed by atoms with Gasteiger partial charge in [-0.2, -0.15) is 0 Å². The molecule has 0 amide bonds. The largest absolute Gasteiger partial charge is 0.491 e. The predicted octanol–water partition coefficient (Wildman–Crippen LogP) is 2.73. The SMILES string of the molecule is NC(=S)c1ncccc1OCCCc1ccccc1. The zero-order chi connectivity index (χ0) is 13.5. The standard InChI is InChI=1S/C15H16N2OS/c16-15(19)14-13(9-4-10-17-14)18-11-5-8-12-6-2-1-3-7-12/h1-4,6-7,9-10H,5,8,11H2,(H2,16,19). The minimum absolute atomic E-state index is 0.263.